The Morgan fingerprint density at radius 3 is 3.09 bits per heavy atom. The first-order chi connectivity index (χ1) is 11.1. The van der Waals surface area contributed by atoms with Gasteiger partial charge in [-0.05, 0) is 37.1 Å². The van der Waals surface area contributed by atoms with E-state index in [1.54, 1.807) is 0 Å². The quantitative estimate of drug-likeness (QED) is 0.879. The average Bonchev–Trinajstić information content (AvgIpc) is 3.14. The van der Waals surface area contributed by atoms with Crippen molar-refractivity contribution in [2.45, 2.75) is 25.4 Å². The summed E-state index contributed by atoms with van der Waals surface area (Å²) in [4.78, 5) is 13.3. The number of rotatable bonds is 6. The molecule has 1 aromatic carbocycles. The van der Waals surface area contributed by atoms with Gasteiger partial charge in [0, 0.05) is 31.4 Å². The van der Waals surface area contributed by atoms with Gasteiger partial charge in [0.05, 0.1) is 6.20 Å². The smallest absolute Gasteiger partial charge is 0.255 e. The molecule has 0 aliphatic carbocycles. The maximum Gasteiger partial charge on any atom is 0.255 e. The first-order valence-corrected chi connectivity index (χ1v) is 7.84. The number of hydrogen-bond acceptors (Lipinski definition) is 4. The summed E-state index contributed by atoms with van der Waals surface area (Å²) in [6.07, 6.45) is 6.39. The number of amides is 1. The zero-order valence-corrected chi connectivity index (χ0v) is 13.3. The molecule has 6 heteroatoms. The van der Waals surface area contributed by atoms with Crippen molar-refractivity contribution in [3.63, 3.8) is 0 Å². The summed E-state index contributed by atoms with van der Waals surface area (Å²) < 4.78 is 7.23. The fraction of sp³-hybridized carbons (Fsp3) is 0.412. The lowest BCUT2D eigenvalue weighted by Gasteiger charge is -2.23. The number of aryl methyl sites for hydroxylation is 1. The van der Waals surface area contributed by atoms with Crippen molar-refractivity contribution in [3.05, 3.63) is 47.8 Å². The van der Waals surface area contributed by atoms with Gasteiger partial charge in [0.15, 0.2) is 6.61 Å². The number of carbonyl (C=O) groups excluding carboxylic acids is 1. The predicted molar refractivity (Wildman–Crippen MR) is 86.7 cm³/mol. The highest BCUT2D eigenvalue weighted by Gasteiger charge is 2.26. The Hall–Kier alpha value is -2.34. The van der Waals surface area contributed by atoms with E-state index in [2.05, 4.69) is 22.3 Å². The Morgan fingerprint density at radius 1 is 1.48 bits per heavy atom. The molecular weight excluding hydrogens is 292 g/mol. The number of likely N-dealkylation sites (tertiary alicyclic amines) is 1. The molecule has 1 amide bonds. The largest absolute Gasteiger partial charge is 0.484 e. The zero-order valence-electron chi connectivity index (χ0n) is 13.3. The van der Waals surface area contributed by atoms with Gasteiger partial charge >= 0.3 is 0 Å². The van der Waals surface area contributed by atoms with Crippen LogP contribution in [0.4, 0.5) is 0 Å². The van der Waals surface area contributed by atoms with E-state index in [-0.39, 0.29) is 6.61 Å². The molecule has 1 fully saturated rings. The Balaban J connectivity index is 1.68. The Morgan fingerprint density at radius 2 is 2.35 bits per heavy atom. The highest BCUT2D eigenvalue weighted by molar-refractivity contribution is 5.75. The first-order valence-electron chi connectivity index (χ1n) is 7.84. The van der Waals surface area contributed by atoms with Crippen LogP contribution in [-0.2, 0) is 18.4 Å². The summed E-state index contributed by atoms with van der Waals surface area (Å²) in [5, 5.41) is 4.28. The van der Waals surface area contributed by atoms with Gasteiger partial charge in [-0.15, -0.1) is 0 Å². The van der Waals surface area contributed by atoms with E-state index >= 15 is 0 Å². The number of nitrogens with zero attached hydrogens (tertiary/aromatic N) is 3. The van der Waals surface area contributed by atoms with Crippen molar-refractivity contribution < 1.29 is 9.53 Å². The van der Waals surface area contributed by atoms with Gasteiger partial charge in [0.2, 0.25) is 0 Å². The molecule has 2 aromatic rings. The van der Waals surface area contributed by atoms with Crippen LogP contribution in [0.2, 0.25) is 0 Å². The van der Waals surface area contributed by atoms with Crippen molar-refractivity contribution in [1.29, 1.82) is 0 Å². The Bertz CT molecular complexity index is 683. The topological polar surface area (TPSA) is 73.4 Å². The molecule has 122 valence electrons. The maximum atomic E-state index is 10.8. The zero-order chi connectivity index (χ0) is 16.2. The highest BCUT2D eigenvalue weighted by Crippen LogP contribution is 2.33. The molecule has 0 bridgehead atoms. The summed E-state index contributed by atoms with van der Waals surface area (Å²) >= 11 is 0. The molecule has 0 radical (unpaired) electrons. The molecule has 1 saturated heterocycles. The number of benzene rings is 1. The number of carbonyl (C=O) groups is 1. The van der Waals surface area contributed by atoms with Gasteiger partial charge < -0.3 is 10.5 Å². The highest BCUT2D eigenvalue weighted by atomic mass is 16.5. The first kappa shape index (κ1) is 15.6. The summed E-state index contributed by atoms with van der Waals surface area (Å²) in [6.45, 7) is 1.84. The third-order valence-electron chi connectivity index (χ3n) is 4.14. The second kappa shape index (κ2) is 6.83. The number of ether oxygens (including phenoxy) is 1. The molecule has 2 N–H and O–H groups in total. The van der Waals surface area contributed by atoms with E-state index in [0.717, 1.165) is 19.5 Å². The minimum Gasteiger partial charge on any atom is -0.484 e. The van der Waals surface area contributed by atoms with E-state index in [1.165, 1.54) is 17.5 Å². The molecule has 0 spiro atoms. The SMILES string of the molecule is Cn1cc([C@H]2CCCN2Cc2cccc(OCC(N)=O)c2)cn1. The van der Waals surface area contributed by atoms with Crippen LogP contribution in [0.5, 0.6) is 5.75 Å². The van der Waals surface area contributed by atoms with Crippen LogP contribution in [0, 0.1) is 0 Å². The average molecular weight is 314 g/mol. The van der Waals surface area contributed by atoms with Crippen LogP contribution in [-0.4, -0.2) is 33.7 Å². The number of aromatic nitrogens is 2. The molecule has 6 nitrogen and oxygen atoms in total. The molecule has 0 unspecified atom stereocenters. The van der Waals surface area contributed by atoms with Crippen LogP contribution in [0.25, 0.3) is 0 Å². The van der Waals surface area contributed by atoms with Gasteiger partial charge in [-0.25, -0.2) is 0 Å². The van der Waals surface area contributed by atoms with Crippen molar-refractivity contribution in [2.75, 3.05) is 13.2 Å². The van der Waals surface area contributed by atoms with Crippen LogP contribution in [0.15, 0.2) is 36.7 Å². The molecule has 1 aliphatic heterocycles. The second-order valence-electron chi connectivity index (χ2n) is 5.98. The normalized spacial score (nSPS) is 18.2. The van der Waals surface area contributed by atoms with Crippen molar-refractivity contribution >= 4 is 5.91 Å². The fourth-order valence-electron chi connectivity index (χ4n) is 3.13. The molecule has 1 aromatic heterocycles. The van der Waals surface area contributed by atoms with Crippen LogP contribution in [0.1, 0.15) is 30.0 Å². The lowest BCUT2D eigenvalue weighted by molar-refractivity contribution is -0.119. The Kier molecular flexibility index (Phi) is 4.62. The molecule has 1 aliphatic rings. The van der Waals surface area contributed by atoms with E-state index < -0.39 is 5.91 Å². The molecule has 2 heterocycles. The van der Waals surface area contributed by atoms with E-state index in [4.69, 9.17) is 10.5 Å². The van der Waals surface area contributed by atoms with Crippen molar-refractivity contribution in [1.82, 2.24) is 14.7 Å². The third-order valence-corrected chi connectivity index (χ3v) is 4.14. The summed E-state index contributed by atoms with van der Waals surface area (Å²) in [5.74, 6) is 0.213. The van der Waals surface area contributed by atoms with Crippen molar-refractivity contribution in [2.24, 2.45) is 12.8 Å². The lowest BCUT2D eigenvalue weighted by atomic mass is 10.1. The minimum absolute atomic E-state index is 0.0918. The summed E-state index contributed by atoms with van der Waals surface area (Å²) in [7, 11) is 1.95. The number of hydrogen-bond donors (Lipinski definition) is 1. The second-order valence-corrected chi connectivity index (χ2v) is 5.98. The van der Waals surface area contributed by atoms with Gasteiger partial charge in [-0.2, -0.15) is 5.10 Å². The van der Waals surface area contributed by atoms with Gasteiger partial charge in [-0.1, -0.05) is 12.1 Å². The van der Waals surface area contributed by atoms with Gasteiger partial charge in [-0.3, -0.25) is 14.4 Å². The third kappa shape index (κ3) is 3.90. The molecule has 23 heavy (non-hydrogen) atoms. The lowest BCUT2D eigenvalue weighted by Crippen LogP contribution is -2.22. The predicted octanol–water partition coefficient (Wildman–Crippen LogP) is 1.62. The summed E-state index contributed by atoms with van der Waals surface area (Å²) in [6, 6.07) is 8.26. The van der Waals surface area contributed by atoms with Crippen LogP contribution >= 0.6 is 0 Å². The molecule has 1 atom stereocenters. The fourth-order valence-corrected chi connectivity index (χ4v) is 3.13. The molecule has 0 saturated carbocycles. The maximum absolute atomic E-state index is 10.8. The standard InChI is InChI=1S/C17H22N4O2/c1-20-11-14(9-19-20)16-6-3-7-21(16)10-13-4-2-5-15(8-13)23-12-17(18)22/h2,4-5,8-9,11,16H,3,6-7,10,12H2,1H3,(H2,18,22)/t16-/m1/s1. The van der Waals surface area contributed by atoms with Gasteiger partial charge in [0.25, 0.3) is 5.91 Å². The van der Waals surface area contributed by atoms with E-state index in [1.807, 2.05) is 36.1 Å². The number of nitrogens with two attached hydrogens (primary N) is 1. The Labute approximate surface area is 135 Å². The van der Waals surface area contributed by atoms with Crippen molar-refractivity contribution in [3.8, 4) is 5.75 Å². The number of primary amides is 1. The van der Waals surface area contributed by atoms with Crippen LogP contribution < -0.4 is 10.5 Å². The monoisotopic (exact) mass is 314 g/mol. The molecular formula is C17H22N4O2. The van der Waals surface area contributed by atoms with E-state index in [9.17, 15) is 4.79 Å². The van der Waals surface area contributed by atoms with Crippen LogP contribution in [0.3, 0.4) is 0 Å². The minimum atomic E-state index is -0.466. The van der Waals surface area contributed by atoms with Gasteiger partial charge in [0.1, 0.15) is 5.75 Å². The summed E-state index contributed by atoms with van der Waals surface area (Å²) in [5.41, 5.74) is 7.55. The molecule has 3 rings (SSSR count). The van der Waals surface area contributed by atoms with E-state index in [0.29, 0.717) is 11.8 Å².